The van der Waals surface area contributed by atoms with Gasteiger partial charge in [-0.3, -0.25) is 14.4 Å². The second kappa shape index (κ2) is 28.4. The summed E-state index contributed by atoms with van der Waals surface area (Å²) in [5, 5.41) is 8.40. The van der Waals surface area contributed by atoms with Crippen molar-refractivity contribution in [2.75, 3.05) is 45.7 Å². The number of allylic oxidation sites excluding steroid dienone is 1. The quantitative estimate of drug-likeness (QED) is 0.115. The molecule has 0 heterocycles. The van der Waals surface area contributed by atoms with E-state index in [1.807, 2.05) is 95.4 Å². The molecular formula is C35H63N5O3. The molecule has 0 saturated heterocycles. The van der Waals surface area contributed by atoms with Crippen LogP contribution in [0, 0.1) is 5.41 Å². The van der Waals surface area contributed by atoms with Crippen molar-refractivity contribution in [3.05, 3.63) is 55.1 Å². The zero-order valence-electron chi connectivity index (χ0n) is 28.5. The normalized spacial score (nSPS) is 10.2. The molecule has 2 aromatic carbocycles. The van der Waals surface area contributed by atoms with Crippen molar-refractivity contribution < 1.29 is 14.4 Å². The number of amides is 3. The van der Waals surface area contributed by atoms with E-state index >= 15 is 0 Å². The Morgan fingerprint density at radius 1 is 0.860 bits per heavy atom. The standard InChI is InChI=1S/C12H11NO.C9H18N2O2.C8H18N2.C3H6.C2H6.CH4/c1-13(9-14)12-8-4-6-10-5-2-3-7-11(10)12;1-4-9(6-10(3)7-12)11(5-2)8-13;1-6-10(5)9-7-8(2,3)4;1-3-2;1-2;/h2-9H,1H3;7-9H,4-6H2,1-3H3;7H,6H2,1-5H3;3H,1H2,2H3;1-2H3;1H4/b;;9-7+;;;. The van der Waals surface area contributed by atoms with E-state index in [1.165, 1.54) is 0 Å². The number of likely N-dealkylation sites (N-methyl/N-ethyl adjacent to an activating group) is 2. The Balaban J connectivity index is -0.000000247. The summed E-state index contributed by atoms with van der Waals surface area (Å²) in [6, 6.07) is 14.1. The maximum absolute atomic E-state index is 10.7. The predicted molar refractivity (Wildman–Crippen MR) is 190 cm³/mol. The predicted octanol–water partition coefficient (Wildman–Crippen LogP) is 7.59. The number of rotatable bonds is 11. The molecular weight excluding hydrogens is 538 g/mol. The highest BCUT2D eigenvalue weighted by Gasteiger charge is 2.14. The summed E-state index contributed by atoms with van der Waals surface area (Å²) in [6.45, 7) is 23.9. The average Bonchev–Trinajstić information content (AvgIpc) is 3.00. The molecule has 0 aromatic heterocycles. The number of nitrogens with zero attached hydrogens (tertiary/aromatic N) is 5. The van der Waals surface area contributed by atoms with Gasteiger partial charge >= 0.3 is 0 Å². The molecule has 43 heavy (non-hydrogen) atoms. The summed E-state index contributed by atoms with van der Waals surface area (Å²) in [6.07, 6.45) is 7.02. The van der Waals surface area contributed by atoms with E-state index in [0.29, 0.717) is 13.1 Å². The first-order valence-electron chi connectivity index (χ1n) is 14.7. The van der Waals surface area contributed by atoms with Gasteiger partial charge in [-0.2, -0.15) is 5.10 Å². The minimum absolute atomic E-state index is 0. The zero-order valence-corrected chi connectivity index (χ0v) is 28.5. The number of anilines is 1. The van der Waals surface area contributed by atoms with E-state index in [0.717, 1.165) is 48.7 Å². The molecule has 0 radical (unpaired) electrons. The Morgan fingerprint density at radius 2 is 1.40 bits per heavy atom. The number of carbonyl (C=O) groups excluding carboxylic acids is 3. The fourth-order valence-electron chi connectivity index (χ4n) is 3.19. The molecule has 0 aliphatic rings. The van der Waals surface area contributed by atoms with Gasteiger partial charge in [0.2, 0.25) is 19.2 Å². The molecule has 2 aromatic rings. The van der Waals surface area contributed by atoms with Gasteiger partial charge in [0.05, 0.1) is 5.69 Å². The molecule has 0 N–H and O–H groups in total. The first-order valence-corrected chi connectivity index (χ1v) is 14.7. The van der Waals surface area contributed by atoms with Crippen LogP contribution < -0.4 is 4.90 Å². The number of hydrogen-bond acceptors (Lipinski definition) is 5. The van der Waals surface area contributed by atoms with Gasteiger partial charge in [0.15, 0.2) is 0 Å². The first kappa shape index (κ1) is 46.3. The number of fused-ring (bicyclic) bond motifs is 1. The third-order valence-corrected chi connectivity index (χ3v) is 5.52. The van der Waals surface area contributed by atoms with Crippen molar-refractivity contribution in [1.29, 1.82) is 0 Å². The fourth-order valence-corrected chi connectivity index (χ4v) is 3.19. The molecule has 246 valence electrons. The van der Waals surface area contributed by atoms with Gasteiger partial charge in [-0.15, -0.1) is 6.58 Å². The van der Waals surface area contributed by atoms with Gasteiger partial charge in [0.1, 0.15) is 0 Å². The number of carbonyl (C=O) groups is 3. The fraction of sp³-hybridized carbons (Fsp3) is 0.543. The molecule has 0 aliphatic heterocycles. The lowest BCUT2D eigenvalue weighted by molar-refractivity contribution is -0.123. The lowest BCUT2D eigenvalue weighted by Gasteiger charge is -2.28. The largest absolute Gasteiger partial charge is 0.346 e. The summed E-state index contributed by atoms with van der Waals surface area (Å²) in [7, 11) is 5.45. The van der Waals surface area contributed by atoms with Gasteiger partial charge in [-0.05, 0) is 44.1 Å². The summed E-state index contributed by atoms with van der Waals surface area (Å²) < 4.78 is 0. The van der Waals surface area contributed by atoms with Crippen LogP contribution in [0.2, 0.25) is 0 Å². The minimum Gasteiger partial charge on any atom is -0.346 e. The van der Waals surface area contributed by atoms with Gasteiger partial charge in [0, 0.05) is 58.4 Å². The van der Waals surface area contributed by atoms with E-state index in [-0.39, 0.29) is 18.9 Å². The minimum atomic E-state index is 0. The van der Waals surface area contributed by atoms with E-state index < -0.39 is 0 Å². The van der Waals surface area contributed by atoms with E-state index in [1.54, 1.807) is 34.9 Å². The third-order valence-electron chi connectivity index (χ3n) is 5.52. The Hall–Kier alpha value is -3.68. The molecule has 0 spiro atoms. The van der Waals surface area contributed by atoms with Crippen LogP contribution in [0.25, 0.3) is 10.8 Å². The zero-order chi connectivity index (χ0) is 33.1. The van der Waals surface area contributed by atoms with Gasteiger partial charge in [0.25, 0.3) is 0 Å². The van der Waals surface area contributed by atoms with Crippen molar-refractivity contribution in [1.82, 2.24) is 14.8 Å². The summed E-state index contributed by atoms with van der Waals surface area (Å²) in [5.41, 5.74) is 1.14. The van der Waals surface area contributed by atoms with Gasteiger partial charge in [-0.25, -0.2) is 0 Å². The lowest BCUT2D eigenvalue weighted by atomic mass is 9.99. The van der Waals surface area contributed by atoms with Crippen molar-refractivity contribution in [3.63, 3.8) is 0 Å². The highest BCUT2D eigenvalue weighted by molar-refractivity contribution is 5.98. The van der Waals surface area contributed by atoms with Crippen LogP contribution >= 0.6 is 0 Å². The van der Waals surface area contributed by atoms with Crippen LogP contribution in [-0.2, 0) is 14.4 Å². The molecule has 8 nitrogen and oxygen atoms in total. The second-order valence-electron chi connectivity index (χ2n) is 10.3. The van der Waals surface area contributed by atoms with Crippen LogP contribution in [0.3, 0.4) is 0 Å². The Kier molecular flexibility index (Phi) is 30.6. The van der Waals surface area contributed by atoms with E-state index in [4.69, 9.17) is 0 Å². The van der Waals surface area contributed by atoms with Crippen LogP contribution in [0.4, 0.5) is 5.69 Å². The topological polar surface area (TPSA) is 76.5 Å². The maximum atomic E-state index is 10.7. The van der Waals surface area contributed by atoms with E-state index in [9.17, 15) is 14.4 Å². The average molecular weight is 602 g/mol. The lowest BCUT2D eigenvalue weighted by Crippen LogP contribution is -2.41. The molecule has 3 amide bonds. The Morgan fingerprint density at radius 3 is 1.81 bits per heavy atom. The monoisotopic (exact) mass is 601 g/mol. The van der Waals surface area contributed by atoms with Crippen LogP contribution in [0.15, 0.2) is 60.2 Å². The van der Waals surface area contributed by atoms with Crippen molar-refractivity contribution in [3.8, 4) is 0 Å². The number of hydrogen-bond donors (Lipinski definition) is 0. The number of hydrazone groups is 1. The smallest absolute Gasteiger partial charge is 0.213 e. The molecule has 2 rings (SSSR count). The molecule has 1 atom stereocenters. The summed E-state index contributed by atoms with van der Waals surface area (Å²) in [5.74, 6) is 0. The molecule has 0 fully saturated rings. The first-order chi connectivity index (χ1) is 19.9. The Labute approximate surface area is 264 Å². The SMILES string of the molecule is C.C=CC.CC.CCC(CN(C)C=O)N(C=O)CC.CCN(C)/N=C/C(C)(C)C.CN(C=O)c1cccc2ccccc12. The van der Waals surface area contributed by atoms with Crippen LogP contribution in [-0.4, -0.2) is 87.1 Å². The molecule has 0 saturated carbocycles. The van der Waals surface area contributed by atoms with Crippen LogP contribution in [0.5, 0.6) is 0 Å². The van der Waals surface area contributed by atoms with Gasteiger partial charge in [-0.1, -0.05) is 91.4 Å². The third kappa shape index (κ3) is 22.6. The number of benzene rings is 2. The van der Waals surface area contributed by atoms with Crippen molar-refractivity contribution in [2.24, 2.45) is 10.5 Å². The summed E-state index contributed by atoms with van der Waals surface area (Å²) in [4.78, 5) is 36.5. The highest BCUT2D eigenvalue weighted by Crippen LogP contribution is 2.24. The highest BCUT2D eigenvalue weighted by atomic mass is 16.1. The molecule has 8 heteroatoms. The summed E-state index contributed by atoms with van der Waals surface area (Å²) >= 11 is 0. The molecule has 0 bridgehead atoms. The maximum Gasteiger partial charge on any atom is 0.213 e. The van der Waals surface area contributed by atoms with Gasteiger partial charge < -0.3 is 19.7 Å². The molecule has 0 aliphatic carbocycles. The van der Waals surface area contributed by atoms with Crippen molar-refractivity contribution in [2.45, 2.75) is 82.2 Å². The van der Waals surface area contributed by atoms with E-state index in [2.05, 4.69) is 39.4 Å². The van der Waals surface area contributed by atoms with Crippen LogP contribution in [0.1, 0.15) is 76.2 Å². The second-order valence-corrected chi connectivity index (χ2v) is 10.3. The van der Waals surface area contributed by atoms with Crippen molar-refractivity contribution >= 4 is 41.9 Å². The molecule has 1 unspecified atom stereocenters. The Bertz CT molecular complexity index is 999.